The van der Waals surface area contributed by atoms with E-state index in [0.29, 0.717) is 52.7 Å². The van der Waals surface area contributed by atoms with E-state index in [-0.39, 0.29) is 20.0 Å². The van der Waals surface area contributed by atoms with Gasteiger partial charge in [0.2, 0.25) is 0 Å². The lowest BCUT2D eigenvalue weighted by Crippen LogP contribution is -2.23. The maximum Gasteiger partial charge on any atom is 0.146 e. The van der Waals surface area contributed by atoms with E-state index in [9.17, 15) is 0 Å². The van der Waals surface area contributed by atoms with Crippen molar-refractivity contribution in [1.82, 2.24) is 5.32 Å². The number of aliphatic hydroxyl groups is 2. The van der Waals surface area contributed by atoms with Crippen molar-refractivity contribution in [3.05, 3.63) is 0 Å². The molecule has 0 rings (SSSR count). The van der Waals surface area contributed by atoms with Gasteiger partial charge in [-0.1, -0.05) is 20.3 Å². The van der Waals surface area contributed by atoms with Gasteiger partial charge >= 0.3 is 0 Å². The molecule has 0 saturated heterocycles. The van der Waals surface area contributed by atoms with Crippen molar-refractivity contribution < 1.29 is 29.2 Å². The zero-order chi connectivity index (χ0) is 16.0. The Labute approximate surface area is 128 Å². The second kappa shape index (κ2) is 24.7. The van der Waals surface area contributed by atoms with Gasteiger partial charge in [-0.2, -0.15) is 0 Å². The fourth-order valence-electron chi connectivity index (χ4n) is 1.03. The molecule has 0 amide bonds. The SMILES string of the molecule is CCC.OCCNCCOCOCCOCCOCCO. The molecule has 0 heterocycles. The molecule has 0 fully saturated rings. The van der Waals surface area contributed by atoms with E-state index >= 15 is 0 Å². The second-order valence-corrected chi connectivity index (χ2v) is 4.06. The lowest BCUT2D eigenvalue weighted by molar-refractivity contribution is -0.0716. The highest BCUT2D eigenvalue weighted by molar-refractivity contribution is 4.42. The fourth-order valence-corrected chi connectivity index (χ4v) is 1.03. The molecule has 0 atom stereocenters. The lowest BCUT2D eigenvalue weighted by atomic mass is 10.6. The third kappa shape index (κ3) is 28.6. The molecule has 0 saturated carbocycles. The van der Waals surface area contributed by atoms with Crippen LogP contribution in [0, 0.1) is 0 Å². The highest BCUT2D eigenvalue weighted by atomic mass is 16.7. The molecule has 0 radical (unpaired) electrons. The summed E-state index contributed by atoms with van der Waals surface area (Å²) in [5, 5.41) is 19.9. The number of hydrogen-bond donors (Lipinski definition) is 3. The first-order valence-corrected chi connectivity index (χ1v) is 7.56. The first-order valence-electron chi connectivity index (χ1n) is 7.56. The van der Waals surface area contributed by atoms with Crippen LogP contribution in [-0.2, 0) is 18.9 Å². The summed E-state index contributed by atoms with van der Waals surface area (Å²) in [7, 11) is 0. The van der Waals surface area contributed by atoms with Crippen LogP contribution in [0.15, 0.2) is 0 Å². The molecule has 0 aliphatic rings. The van der Waals surface area contributed by atoms with E-state index in [1.165, 1.54) is 6.42 Å². The van der Waals surface area contributed by atoms with Gasteiger partial charge in [0.25, 0.3) is 0 Å². The topological polar surface area (TPSA) is 89.4 Å². The summed E-state index contributed by atoms with van der Waals surface area (Å²) >= 11 is 0. The highest BCUT2D eigenvalue weighted by Crippen LogP contribution is 1.82. The molecule has 21 heavy (non-hydrogen) atoms. The van der Waals surface area contributed by atoms with E-state index in [1.807, 2.05) is 0 Å². The minimum atomic E-state index is 0.0353. The van der Waals surface area contributed by atoms with Gasteiger partial charge in [-0.05, 0) is 0 Å². The van der Waals surface area contributed by atoms with Crippen molar-refractivity contribution in [2.45, 2.75) is 20.3 Å². The lowest BCUT2D eigenvalue weighted by Gasteiger charge is -2.07. The average Bonchev–Trinajstić information content (AvgIpc) is 2.48. The third-order valence-electron chi connectivity index (χ3n) is 1.86. The summed E-state index contributed by atoms with van der Waals surface area (Å²) in [6, 6.07) is 0. The van der Waals surface area contributed by atoms with Gasteiger partial charge in [0.1, 0.15) is 6.79 Å². The molecule has 7 heteroatoms. The van der Waals surface area contributed by atoms with Gasteiger partial charge in [-0.15, -0.1) is 0 Å². The Morgan fingerprint density at radius 3 is 1.76 bits per heavy atom. The van der Waals surface area contributed by atoms with Crippen LogP contribution in [-0.4, -0.2) is 83.0 Å². The van der Waals surface area contributed by atoms with Gasteiger partial charge in [0.05, 0.1) is 52.9 Å². The van der Waals surface area contributed by atoms with E-state index in [4.69, 9.17) is 29.2 Å². The first-order chi connectivity index (χ1) is 10.3. The van der Waals surface area contributed by atoms with Crippen LogP contribution < -0.4 is 5.32 Å². The molecule has 0 aromatic carbocycles. The molecule has 0 aliphatic heterocycles. The van der Waals surface area contributed by atoms with E-state index in [1.54, 1.807) is 0 Å². The molecule has 0 aromatic rings. The Morgan fingerprint density at radius 1 is 0.667 bits per heavy atom. The first kappa shape index (κ1) is 23.0. The van der Waals surface area contributed by atoms with Crippen LogP contribution in [0.4, 0.5) is 0 Å². The summed E-state index contributed by atoms with van der Waals surface area (Å²) in [6.45, 7) is 8.78. The standard InChI is InChI=1S/C11H25NO6.C3H8/c13-3-1-12-2-5-17-11-18-10-9-16-8-7-15-6-4-14;1-3-2/h12-14H,1-11H2;3H2,1-2H3. The van der Waals surface area contributed by atoms with Crippen LogP contribution in [0.5, 0.6) is 0 Å². The monoisotopic (exact) mass is 311 g/mol. The van der Waals surface area contributed by atoms with E-state index < -0.39 is 0 Å². The summed E-state index contributed by atoms with van der Waals surface area (Å²) in [4.78, 5) is 0. The van der Waals surface area contributed by atoms with Crippen LogP contribution in [0.3, 0.4) is 0 Å². The van der Waals surface area contributed by atoms with Crippen LogP contribution in [0.1, 0.15) is 20.3 Å². The zero-order valence-electron chi connectivity index (χ0n) is 13.5. The molecule has 0 aliphatic carbocycles. The van der Waals surface area contributed by atoms with Gasteiger partial charge in [-0.25, -0.2) is 0 Å². The zero-order valence-corrected chi connectivity index (χ0v) is 13.5. The third-order valence-corrected chi connectivity index (χ3v) is 1.86. The van der Waals surface area contributed by atoms with Crippen LogP contribution in [0.2, 0.25) is 0 Å². The molecular formula is C14H33NO6. The summed E-state index contributed by atoms with van der Waals surface area (Å²) in [6.07, 6.45) is 1.25. The molecular weight excluding hydrogens is 278 g/mol. The van der Waals surface area contributed by atoms with Crippen molar-refractivity contribution in [3.63, 3.8) is 0 Å². The van der Waals surface area contributed by atoms with E-state index in [0.717, 1.165) is 0 Å². The number of nitrogens with one attached hydrogen (secondary N) is 1. The molecule has 0 aromatic heterocycles. The molecule has 0 spiro atoms. The van der Waals surface area contributed by atoms with Crippen LogP contribution >= 0.6 is 0 Å². The summed E-state index contributed by atoms with van der Waals surface area (Å²) in [5.74, 6) is 0. The number of ether oxygens (including phenoxy) is 4. The van der Waals surface area contributed by atoms with Crippen molar-refractivity contribution in [3.8, 4) is 0 Å². The van der Waals surface area contributed by atoms with Gasteiger partial charge in [0, 0.05) is 13.1 Å². The number of rotatable bonds is 15. The second-order valence-electron chi connectivity index (χ2n) is 4.06. The number of aliphatic hydroxyl groups excluding tert-OH is 2. The van der Waals surface area contributed by atoms with Crippen molar-refractivity contribution >= 4 is 0 Å². The Hall–Kier alpha value is -0.280. The van der Waals surface area contributed by atoms with Gasteiger partial charge in [-0.3, -0.25) is 0 Å². The summed E-state index contributed by atoms with van der Waals surface area (Å²) in [5.41, 5.74) is 0. The van der Waals surface area contributed by atoms with E-state index in [2.05, 4.69) is 19.2 Å². The highest BCUT2D eigenvalue weighted by Gasteiger charge is 1.92. The largest absolute Gasteiger partial charge is 0.395 e. The number of hydrogen-bond acceptors (Lipinski definition) is 7. The van der Waals surface area contributed by atoms with Crippen molar-refractivity contribution in [2.24, 2.45) is 0 Å². The predicted octanol–water partition coefficient (Wildman–Crippen LogP) is 0.000800. The minimum absolute atomic E-state index is 0.0353. The Kier molecular flexibility index (Phi) is 27.1. The molecule has 3 N–H and O–H groups in total. The quantitative estimate of drug-likeness (QED) is 0.290. The maximum atomic E-state index is 8.49. The molecule has 130 valence electrons. The maximum absolute atomic E-state index is 8.49. The summed E-state index contributed by atoms with van der Waals surface area (Å²) < 4.78 is 20.6. The van der Waals surface area contributed by atoms with Crippen LogP contribution in [0.25, 0.3) is 0 Å². The van der Waals surface area contributed by atoms with Gasteiger partial charge in [0.15, 0.2) is 0 Å². The van der Waals surface area contributed by atoms with Crippen molar-refractivity contribution in [1.29, 1.82) is 0 Å². The predicted molar refractivity (Wildman–Crippen MR) is 81.4 cm³/mol. The minimum Gasteiger partial charge on any atom is -0.395 e. The van der Waals surface area contributed by atoms with Crippen molar-refractivity contribution in [2.75, 3.05) is 72.7 Å². The Balaban J connectivity index is 0. The average molecular weight is 311 g/mol. The Morgan fingerprint density at radius 2 is 1.19 bits per heavy atom. The molecule has 0 bridgehead atoms. The fraction of sp³-hybridized carbons (Fsp3) is 1.00. The molecule has 0 unspecified atom stereocenters. The smallest absolute Gasteiger partial charge is 0.146 e. The van der Waals surface area contributed by atoms with Gasteiger partial charge < -0.3 is 34.5 Å². The Bertz CT molecular complexity index is 146. The molecule has 7 nitrogen and oxygen atoms in total. The normalized spacial score (nSPS) is 10.3.